The number of carbonyl (C=O) groups is 2. The van der Waals surface area contributed by atoms with Gasteiger partial charge in [-0.3, -0.25) is 4.79 Å². The zero-order valence-electron chi connectivity index (χ0n) is 18.7. The average molecular weight is 451 g/mol. The van der Waals surface area contributed by atoms with E-state index in [9.17, 15) is 9.59 Å². The Kier molecular flexibility index (Phi) is 7.70. The molecule has 4 aromatic rings. The quantitative estimate of drug-likeness (QED) is 0.355. The fraction of sp³-hybridized carbons (Fsp3) is 0.103. The first-order chi connectivity index (χ1) is 16.7. The number of rotatable bonds is 8. The first kappa shape index (κ1) is 22.8. The molecule has 0 fully saturated rings. The minimum absolute atomic E-state index is 0.132. The van der Waals surface area contributed by atoms with Gasteiger partial charge in [0.1, 0.15) is 12.6 Å². The van der Waals surface area contributed by atoms with Crippen LogP contribution in [0.5, 0.6) is 0 Å². The maximum Gasteiger partial charge on any atom is 0.408 e. The molecule has 2 amide bonds. The van der Waals surface area contributed by atoms with E-state index in [4.69, 9.17) is 4.74 Å². The molecule has 0 unspecified atom stereocenters. The highest BCUT2D eigenvalue weighted by Gasteiger charge is 2.22. The molecule has 5 heteroatoms. The van der Waals surface area contributed by atoms with Crippen molar-refractivity contribution in [3.05, 3.63) is 126 Å². The molecule has 0 aliphatic heterocycles. The van der Waals surface area contributed by atoms with Crippen LogP contribution in [-0.4, -0.2) is 18.0 Å². The number of anilines is 1. The molecule has 0 aliphatic rings. The van der Waals surface area contributed by atoms with Crippen molar-refractivity contribution in [2.45, 2.75) is 19.1 Å². The van der Waals surface area contributed by atoms with Crippen molar-refractivity contribution in [1.29, 1.82) is 0 Å². The molecule has 1 atom stereocenters. The van der Waals surface area contributed by atoms with Gasteiger partial charge in [-0.1, -0.05) is 103 Å². The largest absolute Gasteiger partial charge is 0.445 e. The van der Waals surface area contributed by atoms with E-state index < -0.39 is 12.1 Å². The van der Waals surface area contributed by atoms with Gasteiger partial charge in [0.05, 0.1) is 0 Å². The summed E-state index contributed by atoms with van der Waals surface area (Å²) < 4.78 is 5.33. The van der Waals surface area contributed by atoms with Crippen molar-refractivity contribution < 1.29 is 14.3 Å². The van der Waals surface area contributed by atoms with Crippen LogP contribution in [0.25, 0.3) is 11.1 Å². The van der Waals surface area contributed by atoms with Crippen molar-refractivity contribution >= 4 is 17.7 Å². The van der Waals surface area contributed by atoms with Crippen LogP contribution in [0.3, 0.4) is 0 Å². The van der Waals surface area contributed by atoms with Crippen molar-refractivity contribution in [2.75, 3.05) is 5.32 Å². The summed E-state index contributed by atoms with van der Waals surface area (Å²) in [6.45, 7) is 0.132. The second-order valence-corrected chi connectivity index (χ2v) is 7.88. The molecule has 0 bridgehead atoms. The second-order valence-electron chi connectivity index (χ2n) is 7.88. The molecule has 0 saturated carbocycles. The van der Waals surface area contributed by atoms with Crippen LogP contribution in [-0.2, 0) is 22.6 Å². The molecule has 4 aromatic carbocycles. The molecular weight excluding hydrogens is 424 g/mol. The Labute approximate surface area is 199 Å². The Morgan fingerprint density at radius 1 is 0.647 bits per heavy atom. The molecule has 0 saturated heterocycles. The topological polar surface area (TPSA) is 67.4 Å². The van der Waals surface area contributed by atoms with Crippen LogP contribution >= 0.6 is 0 Å². The minimum atomic E-state index is -0.792. The number of hydrogen-bond donors (Lipinski definition) is 2. The normalized spacial score (nSPS) is 11.3. The smallest absolute Gasteiger partial charge is 0.408 e. The third kappa shape index (κ3) is 6.56. The van der Waals surface area contributed by atoms with Crippen LogP contribution in [0.1, 0.15) is 11.1 Å². The summed E-state index contributed by atoms with van der Waals surface area (Å²) in [7, 11) is 0. The van der Waals surface area contributed by atoms with Gasteiger partial charge in [-0.2, -0.15) is 0 Å². The molecule has 0 spiro atoms. The third-order valence-electron chi connectivity index (χ3n) is 5.36. The standard InChI is InChI=1S/C29H26N2O3/c32-28(30-26-18-16-25(17-19-26)24-14-8-3-9-15-24)27(20-22-10-4-1-5-11-22)31-29(33)34-21-23-12-6-2-7-13-23/h1-19,27H,20-21H2,(H,30,32)(H,31,33)/t27-/m0/s1. The summed E-state index contributed by atoms with van der Waals surface area (Å²) >= 11 is 0. The minimum Gasteiger partial charge on any atom is -0.445 e. The monoisotopic (exact) mass is 450 g/mol. The number of nitrogens with one attached hydrogen (secondary N) is 2. The number of hydrogen-bond acceptors (Lipinski definition) is 3. The lowest BCUT2D eigenvalue weighted by molar-refractivity contribution is -0.118. The van der Waals surface area contributed by atoms with Gasteiger partial charge in [0.2, 0.25) is 5.91 Å². The lowest BCUT2D eigenvalue weighted by Gasteiger charge is -2.19. The van der Waals surface area contributed by atoms with Gasteiger partial charge in [0, 0.05) is 12.1 Å². The van der Waals surface area contributed by atoms with Gasteiger partial charge < -0.3 is 15.4 Å². The van der Waals surface area contributed by atoms with Crippen molar-refractivity contribution in [3.8, 4) is 11.1 Å². The fourth-order valence-corrected chi connectivity index (χ4v) is 3.57. The number of carbonyl (C=O) groups excluding carboxylic acids is 2. The number of amides is 2. The molecule has 0 heterocycles. The van der Waals surface area contributed by atoms with Crippen molar-refractivity contribution in [1.82, 2.24) is 5.32 Å². The third-order valence-corrected chi connectivity index (χ3v) is 5.36. The average Bonchev–Trinajstić information content (AvgIpc) is 2.89. The highest BCUT2D eigenvalue weighted by Crippen LogP contribution is 2.21. The Morgan fingerprint density at radius 3 is 1.79 bits per heavy atom. The van der Waals surface area contributed by atoms with E-state index in [1.165, 1.54) is 0 Å². The molecular formula is C29H26N2O3. The van der Waals surface area contributed by atoms with Gasteiger partial charge in [-0.25, -0.2) is 4.79 Å². The summed E-state index contributed by atoms with van der Waals surface area (Å²) in [4.78, 5) is 25.6. The van der Waals surface area contributed by atoms with Crippen LogP contribution in [0.4, 0.5) is 10.5 Å². The summed E-state index contributed by atoms with van der Waals surface area (Å²) in [6.07, 6.45) is -0.297. The highest BCUT2D eigenvalue weighted by molar-refractivity contribution is 5.97. The molecule has 5 nitrogen and oxygen atoms in total. The van der Waals surface area contributed by atoms with Crippen LogP contribution in [0, 0.1) is 0 Å². The molecule has 170 valence electrons. The van der Waals surface area contributed by atoms with E-state index in [0.717, 1.165) is 22.3 Å². The predicted octanol–water partition coefficient (Wildman–Crippen LogP) is 5.83. The molecule has 0 aromatic heterocycles. The Balaban J connectivity index is 1.42. The first-order valence-electron chi connectivity index (χ1n) is 11.1. The lowest BCUT2D eigenvalue weighted by atomic mass is 10.0. The number of alkyl carbamates (subject to hydrolysis) is 1. The maximum atomic E-state index is 13.1. The number of ether oxygens (including phenoxy) is 1. The second kappa shape index (κ2) is 11.5. The van der Waals surface area contributed by atoms with E-state index in [2.05, 4.69) is 10.6 Å². The maximum absolute atomic E-state index is 13.1. The van der Waals surface area contributed by atoms with Gasteiger partial charge >= 0.3 is 6.09 Å². The van der Waals surface area contributed by atoms with Crippen molar-refractivity contribution in [2.24, 2.45) is 0 Å². The first-order valence-corrected chi connectivity index (χ1v) is 11.1. The molecule has 0 aliphatic carbocycles. The SMILES string of the molecule is O=C(N[C@@H](Cc1ccccc1)C(=O)Nc1ccc(-c2ccccc2)cc1)OCc1ccccc1. The summed E-state index contributed by atoms with van der Waals surface area (Å²) in [5.41, 5.74) is 4.63. The van der Waals surface area contributed by atoms with Crippen molar-refractivity contribution in [3.63, 3.8) is 0 Å². The Hall–Kier alpha value is -4.38. The summed E-state index contributed by atoms with van der Waals surface area (Å²) in [5, 5.41) is 5.63. The lowest BCUT2D eigenvalue weighted by Crippen LogP contribution is -2.45. The highest BCUT2D eigenvalue weighted by atomic mass is 16.5. The zero-order valence-corrected chi connectivity index (χ0v) is 18.7. The van der Waals surface area contributed by atoms with Crippen LogP contribution < -0.4 is 10.6 Å². The fourth-order valence-electron chi connectivity index (χ4n) is 3.57. The molecule has 4 rings (SSSR count). The Bertz CT molecular complexity index is 1190. The van der Waals surface area contributed by atoms with E-state index in [1.807, 2.05) is 115 Å². The number of benzene rings is 4. The summed E-state index contributed by atoms with van der Waals surface area (Å²) in [5.74, 6) is -0.312. The van der Waals surface area contributed by atoms with Gasteiger partial charge in [-0.15, -0.1) is 0 Å². The van der Waals surface area contributed by atoms with E-state index >= 15 is 0 Å². The van der Waals surface area contributed by atoms with Crippen LogP contribution in [0.2, 0.25) is 0 Å². The van der Waals surface area contributed by atoms with Gasteiger partial charge in [-0.05, 0) is 34.4 Å². The zero-order chi connectivity index (χ0) is 23.6. The van der Waals surface area contributed by atoms with E-state index in [-0.39, 0.29) is 12.5 Å². The van der Waals surface area contributed by atoms with Crippen LogP contribution in [0.15, 0.2) is 115 Å². The van der Waals surface area contributed by atoms with Gasteiger partial charge in [0.25, 0.3) is 0 Å². The molecule has 0 radical (unpaired) electrons. The summed E-state index contributed by atoms with van der Waals surface area (Å²) in [6, 6.07) is 35.8. The van der Waals surface area contributed by atoms with E-state index in [1.54, 1.807) is 0 Å². The molecule has 34 heavy (non-hydrogen) atoms. The van der Waals surface area contributed by atoms with Gasteiger partial charge in [0.15, 0.2) is 0 Å². The molecule has 2 N–H and O–H groups in total. The van der Waals surface area contributed by atoms with E-state index in [0.29, 0.717) is 12.1 Å². The Morgan fingerprint density at radius 2 is 1.18 bits per heavy atom. The predicted molar refractivity (Wildman–Crippen MR) is 134 cm³/mol.